The van der Waals surface area contributed by atoms with Gasteiger partial charge in [-0.05, 0) is 43.7 Å². The van der Waals surface area contributed by atoms with Gasteiger partial charge in [-0.15, -0.1) is 9.24 Å². The fraction of sp³-hybridized carbons (Fsp3) is 0.714. The lowest BCUT2D eigenvalue weighted by Crippen LogP contribution is -2.29. The SMILES string of the molecule is NCn1ccnc(CC2CCC(CCP)CC2)c1=O. The Balaban J connectivity index is 1.94. The van der Waals surface area contributed by atoms with Crippen molar-refractivity contribution >= 4 is 9.24 Å². The van der Waals surface area contributed by atoms with Crippen LogP contribution in [0.5, 0.6) is 0 Å². The normalized spacial score (nSPS) is 23.5. The predicted molar refractivity (Wildman–Crippen MR) is 81.0 cm³/mol. The van der Waals surface area contributed by atoms with Crippen LogP contribution in [0.15, 0.2) is 17.2 Å². The van der Waals surface area contributed by atoms with E-state index >= 15 is 0 Å². The highest BCUT2D eigenvalue weighted by molar-refractivity contribution is 7.16. The van der Waals surface area contributed by atoms with Crippen molar-refractivity contribution in [2.45, 2.75) is 45.2 Å². The Kier molecular flexibility index (Phi) is 5.53. The largest absolute Gasteiger partial charge is 0.313 e. The average Bonchev–Trinajstić information content (AvgIpc) is 2.43. The second-order valence-corrected chi connectivity index (χ2v) is 6.08. The summed E-state index contributed by atoms with van der Waals surface area (Å²) in [5.41, 5.74) is 6.20. The van der Waals surface area contributed by atoms with Gasteiger partial charge in [0.25, 0.3) is 5.56 Å². The summed E-state index contributed by atoms with van der Waals surface area (Å²) in [4.78, 5) is 16.3. The Morgan fingerprint density at radius 3 is 2.63 bits per heavy atom. The third-order valence-corrected chi connectivity index (χ3v) is 4.54. The summed E-state index contributed by atoms with van der Waals surface area (Å²) in [6.07, 6.45) is 11.7. The highest BCUT2D eigenvalue weighted by Crippen LogP contribution is 2.32. The van der Waals surface area contributed by atoms with Gasteiger partial charge in [-0.3, -0.25) is 14.3 Å². The summed E-state index contributed by atoms with van der Waals surface area (Å²) in [5, 5.41) is 0. The molecule has 0 saturated heterocycles. The van der Waals surface area contributed by atoms with E-state index in [0.29, 0.717) is 11.6 Å². The number of hydrogen-bond donors (Lipinski definition) is 1. The standard InChI is InChI=1S/C14H24N3OP/c15-10-17-7-6-16-13(14(17)18)9-12-3-1-11(2-4-12)5-8-19/h6-7,11-12H,1-5,8-10,15,19H2. The fourth-order valence-electron chi connectivity index (χ4n) is 3.01. The van der Waals surface area contributed by atoms with Crippen LogP contribution in [0.25, 0.3) is 0 Å². The third-order valence-electron chi connectivity index (χ3n) is 4.20. The van der Waals surface area contributed by atoms with Crippen molar-refractivity contribution in [3.63, 3.8) is 0 Å². The van der Waals surface area contributed by atoms with Crippen molar-refractivity contribution in [3.8, 4) is 0 Å². The van der Waals surface area contributed by atoms with Crippen molar-refractivity contribution in [1.29, 1.82) is 0 Å². The molecule has 19 heavy (non-hydrogen) atoms. The maximum absolute atomic E-state index is 12.1. The summed E-state index contributed by atoms with van der Waals surface area (Å²) in [5.74, 6) is 1.51. The zero-order valence-electron chi connectivity index (χ0n) is 11.4. The molecule has 0 spiro atoms. The molecule has 0 aromatic carbocycles. The van der Waals surface area contributed by atoms with Gasteiger partial charge in [-0.1, -0.05) is 12.8 Å². The van der Waals surface area contributed by atoms with Crippen molar-refractivity contribution in [2.24, 2.45) is 17.6 Å². The van der Waals surface area contributed by atoms with Crippen LogP contribution in [0.3, 0.4) is 0 Å². The van der Waals surface area contributed by atoms with Gasteiger partial charge in [0.2, 0.25) is 0 Å². The smallest absolute Gasteiger partial charge is 0.273 e. The molecule has 1 aliphatic carbocycles. The van der Waals surface area contributed by atoms with Gasteiger partial charge in [0.05, 0.1) is 6.67 Å². The molecule has 2 rings (SSSR count). The Morgan fingerprint density at radius 1 is 1.32 bits per heavy atom. The Labute approximate surface area is 117 Å². The van der Waals surface area contributed by atoms with Crippen LogP contribution in [-0.4, -0.2) is 15.7 Å². The zero-order chi connectivity index (χ0) is 13.7. The molecule has 106 valence electrons. The summed E-state index contributed by atoms with van der Waals surface area (Å²) in [6, 6.07) is 0. The second kappa shape index (κ2) is 7.16. The first-order valence-corrected chi connectivity index (χ1v) is 8.00. The molecule has 0 bridgehead atoms. The molecular weight excluding hydrogens is 257 g/mol. The summed E-state index contributed by atoms with van der Waals surface area (Å²) in [7, 11) is 2.82. The lowest BCUT2D eigenvalue weighted by molar-refractivity contribution is 0.267. The average molecular weight is 281 g/mol. The molecular formula is C14H24N3OP. The van der Waals surface area contributed by atoms with E-state index in [1.54, 1.807) is 12.4 Å². The maximum Gasteiger partial charge on any atom is 0.273 e. The first-order valence-electron chi connectivity index (χ1n) is 7.19. The van der Waals surface area contributed by atoms with Gasteiger partial charge in [0.1, 0.15) is 5.69 Å². The predicted octanol–water partition coefficient (Wildman–Crippen LogP) is 1.77. The molecule has 1 aromatic heterocycles. The van der Waals surface area contributed by atoms with Crippen LogP contribution in [0.2, 0.25) is 0 Å². The van der Waals surface area contributed by atoms with Crippen molar-refractivity contribution in [2.75, 3.05) is 6.16 Å². The van der Waals surface area contributed by atoms with Gasteiger partial charge in [0, 0.05) is 12.4 Å². The van der Waals surface area contributed by atoms with Gasteiger partial charge < -0.3 is 5.73 Å². The summed E-state index contributed by atoms with van der Waals surface area (Å²) in [6.45, 7) is 0.231. The minimum Gasteiger partial charge on any atom is -0.313 e. The molecule has 1 fully saturated rings. The van der Waals surface area contributed by atoms with E-state index < -0.39 is 0 Å². The van der Waals surface area contributed by atoms with E-state index in [2.05, 4.69) is 14.2 Å². The van der Waals surface area contributed by atoms with E-state index in [0.717, 1.165) is 12.3 Å². The molecule has 1 aliphatic rings. The van der Waals surface area contributed by atoms with Crippen molar-refractivity contribution < 1.29 is 0 Å². The van der Waals surface area contributed by atoms with E-state index in [-0.39, 0.29) is 12.2 Å². The third kappa shape index (κ3) is 3.87. The van der Waals surface area contributed by atoms with Gasteiger partial charge in [-0.25, -0.2) is 0 Å². The van der Waals surface area contributed by atoms with Crippen LogP contribution in [0.4, 0.5) is 0 Å². The number of hydrogen-bond acceptors (Lipinski definition) is 3. The fourth-order valence-corrected chi connectivity index (χ4v) is 3.48. The molecule has 1 saturated carbocycles. The van der Waals surface area contributed by atoms with Gasteiger partial charge >= 0.3 is 0 Å². The Morgan fingerprint density at radius 2 is 2.00 bits per heavy atom. The minimum atomic E-state index is -0.0166. The van der Waals surface area contributed by atoms with Crippen LogP contribution in [-0.2, 0) is 13.1 Å². The highest BCUT2D eigenvalue weighted by Gasteiger charge is 2.22. The van der Waals surface area contributed by atoms with Gasteiger partial charge in [-0.2, -0.15) is 0 Å². The zero-order valence-corrected chi connectivity index (χ0v) is 12.6. The van der Waals surface area contributed by atoms with Crippen LogP contribution < -0.4 is 11.3 Å². The van der Waals surface area contributed by atoms with Crippen molar-refractivity contribution in [3.05, 3.63) is 28.4 Å². The summed E-state index contributed by atoms with van der Waals surface area (Å²) < 4.78 is 1.53. The number of nitrogens with zero attached hydrogens (tertiary/aromatic N) is 2. The second-order valence-electron chi connectivity index (χ2n) is 5.50. The van der Waals surface area contributed by atoms with E-state index in [1.165, 1.54) is 42.8 Å². The molecule has 1 unspecified atom stereocenters. The van der Waals surface area contributed by atoms with E-state index in [4.69, 9.17) is 5.73 Å². The lowest BCUT2D eigenvalue weighted by atomic mass is 9.79. The maximum atomic E-state index is 12.1. The quantitative estimate of drug-likeness (QED) is 0.837. The molecule has 0 radical (unpaired) electrons. The first kappa shape index (κ1) is 14.7. The highest BCUT2D eigenvalue weighted by atomic mass is 31.0. The lowest BCUT2D eigenvalue weighted by Gasteiger charge is -2.28. The minimum absolute atomic E-state index is 0.0166. The number of nitrogens with two attached hydrogens (primary N) is 1. The molecule has 1 aromatic rings. The van der Waals surface area contributed by atoms with Crippen LogP contribution in [0, 0.1) is 11.8 Å². The molecule has 1 heterocycles. The molecule has 1 atom stereocenters. The molecule has 4 nitrogen and oxygen atoms in total. The Hall–Kier alpha value is -0.730. The topological polar surface area (TPSA) is 60.9 Å². The monoisotopic (exact) mass is 281 g/mol. The van der Waals surface area contributed by atoms with Crippen LogP contribution >= 0.6 is 9.24 Å². The molecule has 0 aliphatic heterocycles. The Bertz CT molecular complexity index is 452. The first-order chi connectivity index (χ1) is 9.24. The van der Waals surface area contributed by atoms with E-state index in [1.807, 2.05) is 0 Å². The van der Waals surface area contributed by atoms with Gasteiger partial charge in [0.15, 0.2) is 0 Å². The molecule has 5 heteroatoms. The molecule has 0 amide bonds. The molecule has 2 N–H and O–H groups in total. The number of rotatable bonds is 5. The summed E-state index contributed by atoms with van der Waals surface area (Å²) >= 11 is 0. The van der Waals surface area contributed by atoms with E-state index in [9.17, 15) is 4.79 Å². The van der Waals surface area contributed by atoms with Crippen LogP contribution in [0.1, 0.15) is 37.8 Å². The van der Waals surface area contributed by atoms with Crippen molar-refractivity contribution in [1.82, 2.24) is 9.55 Å². The number of aromatic nitrogens is 2.